The molecule has 0 amide bonds. The predicted octanol–water partition coefficient (Wildman–Crippen LogP) is 4.00. The molecule has 16 heavy (non-hydrogen) atoms. The summed E-state index contributed by atoms with van der Waals surface area (Å²) >= 11 is 0. The van der Waals surface area contributed by atoms with Gasteiger partial charge in [-0.3, -0.25) is 0 Å². The van der Waals surface area contributed by atoms with Crippen LogP contribution in [0, 0.1) is 13.8 Å². The van der Waals surface area contributed by atoms with E-state index in [9.17, 15) is 4.39 Å². The van der Waals surface area contributed by atoms with E-state index in [0.717, 1.165) is 18.5 Å². The van der Waals surface area contributed by atoms with Crippen molar-refractivity contribution in [2.24, 2.45) is 0 Å². The van der Waals surface area contributed by atoms with E-state index in [-0.39, 0.29) is 0 Å². The molecule has 1 aliphatic rings. The Morgan fingerprint density at radius 1 is 1.19 bits per heavy atom. The monoisotopic (exact) mass is 221 g/mol. The number of nitrogens with one attached hydrogen (secondary N) is 1. The summed E-state index contributed by atoms with van der Waals surface area (Å²) in [5.74, 6) is 0. The van der Waals surface area contributed by atoms with Gasteiger partial charge in [0.1, 0.15) is 5.67 Å². The van der Waals surface area contributed by atoms with E-state index in [1.165, 1.54) is 11.1 Å². The topological polar surface area (TPSA) is 12.0 Å². The van der Waals surface area contributed by atoms with Crippen LogP contribution < -0.4 is 5.32 Å². The van der Waals surface area contributed by atoms with E-state index < -0.39 is 5.67 Å². The zero-order valence-corrected chi connectivity index (χ0v) is 10.1. The van der Waals surface area contributed by atoms with Gasteiger partial charge in [-0.25, -0.2) is 4.39 Å². The first-order chi connectivity index (χ1) is 7.59. The molecule has 0 aliphatic heterocycles. The fourth-order valence-electron chi connectivity index (χ4n) is 2.30. The second kappa shape index (κ2) is 4.44. The molecule has 88 valence electrons. The lowest BCUT2D eigenvalue weighted by Crippen LogP contribution is -2.28. The molecule has 1 fully saturated rings. The Morgan fingerprint density at radius 2 is 1.88 bits per heavy atom. The first-order valence-electron chi connectivity index (χ1n) is 6.09. The van der Waals surface area contributed by atoms with Crippen molar-refractivity contribution < 1.29 is 4.39 Å². The molecule has 0 unspecified atom stereocenters. The SMILES string of the molecule is Cc1ccc(NCC2(F)CCCC2)cc1C. The smallest absolute Gasteiger partial charge is 0.128 e. The van der Waals surface area contributed by atoms with Crippen molar-refractivity contribution in [1.29, 1.82) is 0 Å². The molecule has 2 rings (SSSR count). The molecule has 0 atom stereocenters. The normalized spacial score (nSPS) is 18.7. The lowest BCUT2D eigenvalue weighted by atomic mass is 10.0. The van der Waals surface area contributed by atoms with Crippen molar-refractivity contribution in [2.45, 2.75) is 45.2 Å². The highest BCUT2D eigenvalue weighted by atomic mass is 19.1. The number of hydrogen-bond acceptors (Lipinski definition) is 1. The van der Waals surface area contributed by atoms with E-state index in [1.54, 1.807) is 0 Å². The first kappa shape index (κ1) is 11.4. The van der Waals surface area contributed by atoms with E-state index in [1.807, 2.05) is 6.07 Å². The third kappa shape index (κ3) is 2.55. The van der Waals surface area contributed by atoms with Gasteiger partial charge in [0.05, 0.1) is 0 Å². The predicted molar refractivity (Wildman–Crippen MR) is 66.7 cm³/mol. The number of rotatable bonds is 3. The van der Waals surface area contributed by atoms with Crippen molar-refractivity contribution in [1.82, 2.24) is 0 Å². The van der Waals surface area contributed by atoms with Crippen LogP contribution in [-0.4, -0.2) is 12.2 Å². The summed E-state index contributed by atoms with van der Waals surface area (Å²) in [6.45, 7) is 4.63. The summed E-state index contributed by atoms with van der Waals surface area (Å²) < 4.78 is 14.1. The van der Waals surface area contributed by atoms with E-state index in [0.29, 0.717) is 19.4 Å². The van der Waals surface area contributed by atoms with E-state index in [4.69, 9.17) is 0 Å². The zero-order valence-electron chi connectivity index (χ0n) is 10.1. The van der Waals surface area contributed by atoms with Crippen molar-refractivity contribution in [3.63, 3.8) is 0 Å². The lowest BCUT2D eigenvalue weighted by Gasteiger charge is -2.20. The number of alkyl halides is 1. The molecule has 0 bridgehead atoms. The number of hydrogen-bond donors (Lipinski definition) is 1. The number of halogens is 1. The first-order valence-corrected chi connectivity index (χ1v) is 6.09. The van der Waals surface area contributed by atoms with Gasteiger partial charge in [0.15, 0.2) is 0 Å². The molecule has 2 heteroatoms. The summed E-state index contributed by atoms with van der Waals surface area (Å²) in [5, 5.41) is 3.22. The van der Waals surface area contributed by atoms with Gasteiger partial charge in [-0.05, 0) is 49.9 Å². The van der Waals surface area contributed by atoms with Crippen LogP contribution in [0.25, 0.3) is 0 Å². The van der Waals surface area contributed by atoms with Crippen molar-refractivity contribution in [3.05, 3.63) is 29.3 Å². The molecule has 1 N–H and O–H groups in total. The highest BCUT2D eigenvalue weighted by Crippen LogP contribution is 2.33. The summed E-state index contributed by atoms with van der Waals surface area (Å²) in [6.07, 6.45) is 3.49. The minimum atomic E-state index is -0.973. The van der Waals surface area contributed by atoms with Crippen molar-refractivity contribution >= 4 is 5.69 Å². The highest BCUT2D eigenvalue weighted by Gasteiger charge is 2.33. The van der Waals surface area contributed by atoms with Crippen molar-refractivity contribution in [2.75, 3.05) is 11.9 Å². The molecule has 1 aliphatic carbocycles. The summed E-state index contributed by atoms with van der Waals surface area (Å²) in [7, 11) is 0. The Bertz CT molecular complexity index is 367. The van der Waals surface area contributed by atoms with Crippen LogP contribution in [-0.2, 0) is 0 Å². The Hall–Kier alpha value is -1.05. The minimum Gasteiger partial charge on any atom is -0.382 e. The largest absolute Gasteiger partial charge is 0.382 e. The van der Waals surface area contributed by atoms with E-state index >= 15 is 0 Å². The van der Waals surface area contributed by atoms with Gasteiger partial charge in [0.25, 0.3) is 0 Å². The molecule has 1 nitrogen and oxygen atoms in total. The van der Waals surface area contributed by atoms with Crippen LogP contribution >= 0.6 is 0 Å². The average Bonchev–Trinajstić information content (AvgIpc) is 2.68. The molecule has 0 radical (unpaired) electrons. The molecule has 0 heterocycles. The zero-order chi connectivity index (χ0) is 11.6. The highest BCUT2D eigenvalue weighted by molar-refractivity contribution is 5.48. The molecule has 1 aromatic rings. The Kier molecular flexibility index (Phi) is 3.17. The maximum absolute atomic E-state index is 14.1. The molecule has 0 saturated heterocycles. The summed E-state index contributed by atoms with van der Waals surface area (Å²) in [4.78, 5) is 0. The molecule has 0 aromatic heterocycles. The quantitative estimate of drug-likeness (QED) is 0.813. The van der Waals surface area contributed by atoms with Crippen LogP contribution in [0.15, 0.2) is 18.2 Å². The molecule has 0 spiro atoms. The number of benzene rings is 1. The van der Waals surface area contributed by atoms with Crippen LogP contribution in [0.4, 0.5) is 10.1 Å². The standard InChI is InChI=1S/C14H20FN/c1-11-5-6-13(9-12(11)2)16-10-14(15)7-3-4-8-14/h5-6,9,16H,3-4,7-8,10H2,1-2H3. The van der Waals surface area contributed by atoms with Gasteiger partial charge >= 0.3 is 0 Å². The fourth-order valence-corrected chi connectivity index (χ4v) is 2.30. The van der Waals surface area contributed by atoms with Crippen LogP contribution in [0.3, 0.4) is 0 Å². The second-order valence-corrected chi connectivity index (χ2v) is 5.01. The van der Waals surface area contributed by atoms with Gasteiger partial charge in [-0.1, -0.05) is 18.9 Å². The fraction of sp³-hybridized carbons (Fsp3) is 0.571. The third-order valence-corrected chi connectivity index (χ3v) is 3.62. The molecular weight excluding hydrogens is 201 g/mol. The molecule has 1 aromatic carbocycles. The number of aryl methyl sites for hydroxylation is 2. The van der Waals surface area contributed by atoms with Crippen LogP contribution in [0.5, 0.6) is 0 Å². The van der Waals surface area contributed by atoms with Gasteiger partial charge in [-0.2, -0.15) is 0 Å². The Balaban J connectivity index is 1.96. The van der Waals surface area contributed by atoms with Crippen molar-refractivity contribution in [3.8, 4) is 0 Å². The number of anilines is 1. The third-order valence-electron chi connectivity index (χ3n) is 3.62. The summed E-state index contributed by atoms with van der Waals surface area (Å²) in [5.41, 5.74) is 2.59. The maximum Gasteiger partial charge on any atom is 0.128 e. The minimum absolute atomic E-state index is 0.454. The Labute approximate surface area is 97.1 Å². The summed E-state index contributed by atoms with van der Waals surface area (Å²) in [6, 6.07) is 6.20. The Morgan fingerprint density at radius 3 is 2.50 bits per heavy atom. The average molecular weight is 221 g/mol. The van der Waals surface area contributed by atoms with Gasteiger partial charge in [-0.15, -0.1) is 0 Å². The van der Waals surface area contributed by atoms with Gasteiger partial charge < -0.3 is 5.32 Å². The van der Waals surface area contributed by atoms with Gasteiger partial charge in [0.2, 0.25) is 0 Å². The van der Waals surface area contributed by atoms with Gasteiger partial charge in [0, 0.05) is 12.2 Å². The van der Waals surface area contributed by atoms with Crippen LogP contribution in [0.2, 0.25) is 0 Å². The second-order valence-electron chi connectivity index (χ2n) is 5.01. The van der Waals surface area contributed by atoms with E-state index in [2.05, 4.69) is 31.3 Å². The lowest BCUT2D eigenvalue weighted by molar-refractivity contribution is 0.190. The van der Waals surface area contributed by atoms with Crippen LogP contribution in [0.1, 0.15) is 36.8 Å². The molecular formula is C14H20FN. The molecule has 1 saturated carbocycles. The maximum atomic E-state index is 14.1.